The van der Waals surface area contributed by atoms with E-state index in [0.717, 1.165) is 11.1 Å². The van der Waals surface area contributed by atoms with Crippen molar-refractivity contribution in [3.8, 4) is 10.6 Å². The second-order valence-corrected chi connectivity index (χ2v) is 5.50. The van der Waals surface area contributed by atoms with Crippen molar-refractivity contribution in [3.05, 3.63) is 71.0 Å². The highest BCUT2D eigenvalue weighted by molar-refractivity contribution is 7.17. The Morgan fingerprint density at radius 2 is 1.81 bits per heavy atom. The Labute approximate surface area is 125 Å². The van der Waals surface area contributed by atoms with Gasteiger partial charge < -0.3 is 5.11 Å². The van der Waals surface area contributed by atoms with Crippen molar-refractivity contribution in [1.82, 2.24) is 9.97 Å². The topological polar surface area (TPSA) is 63.1 Å². The van der Waals surface area contributed by atoms with Gasteiger partial charge in [-0.15, -0.1) is 11.3 Å². The molecular weight excluding hydrogens is 284 g/mol. The third-order valence-electron chi connectivity index (χ3n) is 3.03. The number of carboxylic acids is 1. The third-order valence-corrected chi connectivity index (χ3v) is 4.17. The van der Waals surface area contributed by atoms with Crippen molar-refractivity contribution in [2.45, 2.75) is 6.42 Å². The zero-order chi connectivity index (χ0) is 14.7. The van der Waals surface area contributed by atoms with Gasteiger partial charge in [-0.05, 0) is 17.7 Å². The lowest BCUT2D eigenvalue weighted by Crippen LogP contribution is -1.99. The molecular formula is C16H12N2O2S. The molecule has 5 heteroatoms. The van der Waals surface area contributed by atoms with E-state index in [0.29, 0.717) is 22.0 Å². The first-order valence-electron chi connectivity index (χ1n) is 6.41. The highest BCUT2D eigenvalue weighted by Crippen LogP contribution is 2.29. The van der Waals surface area contributed by atoms with Crippen LogP contribution in [0.15, 0.2) is 54.9 Å². The molecule has 3 aromatic rings. The van der Waals surface area contributed by atoms with Crippen LogP contribution in [0.25, 0.3) is 10.6 Å². The molecule has 0 radical (unpaired) electrons. The summed E-state index contributed by atoms with van der Waals surface area (Å²) in [6, 6.07) is 13.4. The summed E-state index contributed by atoms with van der Waals surface area (Å²) in [4.78, 5) is 20.2. The minimum absolute atomic E-state index is 0.297. The quantitative estimate of drug-likeness (QED) is 0.800. The van der Waals surface area contributed by atoms with Gasteiger partial charge in [-0.1, -0.05) is 30.3 Å². The number of hydrogen-bond acceptors (Lipinski definition) is 4. The van der Waals surface area contributed by atoms with Crippen molar-refractivity contribution in [2.75, 3.05) is 0 Å². The summed E-state index contributed by atoms with van der Waals surface area (Å²) in [5, 5.41) is 10.1. The molecule has 21 heavy (non-hydrogen) atoms. The van der Waals surface area contributed by atoms with E-state index in [2.05, 4.69) is 9.97 Å². The summed E-state index contributed by atoms with van der Waals surface area (Å²) < 4.78 is 0. The van der Waals surface area contributed by atoms with Gasteiger partial charge in [0, 0.05) is 24.4 Å². The Balaban J connectivity index is 2.00. The van der Waals surface area contributed by atoms with Gasteiger partial charge in [-0.25, -0.2) is 9.78 Å². The van der Waals surface area contributed by atoms with E-state index in [1.54, 1.807) is 12.4 Å². The van der Waals surface area contributed by atoms with Gasteiger partial charge in [0.15, 0.2) is 0 Å². The number of thiazole rings is 1. The molecule has 0 amide bonds. The van der Waals surface area contributed by atoms with Crippen molar-refractivity contribution in [2.24, 2.45) is 0 Å². The normalized spacial score (nSPS) is 10.5. The summed E-state index contributed by atoms with van der Waals surface area (Å²) in [7, 11) is 0. The van der Waals surface area contributed by atoms with Crippen LogP contribution in [0, 0.1) is 0 Å². The number of hydrogen-bond donors (Lipinski definition) is 1. The highest BCUT2D eigenvalue weighted by atomic mass is 32.1. The van der Waals surface area contributed by atoms with Gasteiger partial charge in [0.25, 0.3) is 0 Å². The number of pyridine rings is 1. The molecule has 0 unspecified atom stereocenters. The third kappa shape index (κ3) is 2.98. The molecule has 2 aromatic heterocycles. The van der Waals surface area contributed by atoms with Crippen LogP contribution in [-0.2, 0) is 6.42 Å². The van der Waals surface area contributed by atoms with Gasteiger partial charge in [0.05, 0.1) is 5.69 Å². The Kier molecular flexibility index (Phi) is 3.75. The molecule has 1 aromatic carbocycles. The van der Waals surface area contributed by atoms with Crippen LogP contribution in [0.3, 0.4) is 0 Å². The number of carbonyl (C=O) groups is 1. The first kappa shape index (κ1) is 13.5. The summed E-state index contributed by atoms with van der Waals surface area (Å²) in [6.07, 6.45) is 3.87. The molecule has 0 atom stereocenters. The number of aromatic nitrogens is 2. The monoisotopic (exact) mass is 296 g/mol. The van der Waals surface area contributed by atoms with E-state index in [-0.39, 0.29) is 0 Å². The molecule has 104 valence electrons. The zero-order valence-electron chi connectivity index (χ0n) is 11.1. The lowest BCUT2D eigenvalue weighted by Gasteiger charge is -1.99. The van der Waals surface area contributed by atoms with E-state index in [1.807, 2.05) is 42.5 Å². The first-order chi connectivity index (χ1) is 10.2. The number of carboxylic acid groups (broad SMARTS) is 1. The average molecular weight is 296 g/mol. The fourth-order valence-electron chi connectivity index (χ4n) is 2.05. The molecule has 4 nitrogen and oxygen atoms in total. The predicted octanol–water partition coefficient (Wildman–Crippen LogP) is 3.49. The number of nitrogens with zero attached hydrogens (tertiary/aromatic N) is 2. The van der Waals surface area contributed by atoms with Gasteiger partial charge in [0.1, 0.15) is 9.88 Å². The maximum atomic E-state index is 11.4. The zero-order valence-corrected chi connectivity index (χ0v) is 11.9. The standard InChI is InChI=1S/C16H12N2O2S/c19-16(20)14-13(10-11-4-2-1-3-5-11)18-15(21-14)12-6-8-17-9-7-12/h1-9H,10H2,(H,19,20). The number of aromatic carboxylic acids is 1. The fourth-order valence-corrected chi connectivity index (χ4v) is 2.97. The van der Waals surface area contributed by atoms with Crippen molar-refractivity contribution in [1.29, 1.82) is 0 Å². The number of rotatable bonds is 4. The summed E-state index contributed by atoms with van der Waals surface area (Å²) in [5.74, 6) is -0.932. The summed E-state index contributed by atoms with van der Waals surface area (Å²) in [5.41, 5.74) is 2.54. The average Bonchev–Trinajstić information content (AvgIpc) is 2.93. The largest absolute Gasteiger partial charge is 0.477 e. The Bertz CT molecular complexity index is 754. The second kappa shape index (κ2) is 5.85. The predicted molar refractivity (Wildman–Crippen MR) is 81.6 cm³/mol. The molecule has 0 saturated carbocycles. The minimum Gasteiger partial charge on any atom is -0.477 e. The van der Waals surface area contributed by atoms with Crippen molar-refractivity contribution < 1.29 is 9.90 Å². The minimum atomic E-state index is -0.932. The van der Waals surface area contributed by atoms with E-state index in [4.69, 9.17) is 0 Å². The van der Waals surface area contributed by atoms with E-state index < -0.39 is 5.97 Å². The molecule has 0 aliphatic heterocycles. The van der Waals surface area contributed by atoms with Crippen LogP contribution < -0.4 is 0 Å². The van der Waals surface area contributed by atoms with Crippen LogP contribution in [0.1, 0.15) is 20.9 Å². The molecule has 0 bridgehead atoms. The molecule has 0 saturated heterocycles. The number of benzene rings is 1. The molecule has 0 aliphatic carbocycles. The van der Waals surface area contributed by atoms with Crippen LogP contribution in [0.4, 0.5) is 0 Å². The lowest BCUT2D eigenvalue weighted by molar-refractivity contribution is 0.0701. The fraction of sp³-hybridized carbons (Fsp3) is 0.0625. The maximum absolute atomic E-state index is 11.4. The van der Waals surface area contributed by atoms with Crippen molar-refractivity contribution in [3.63, 3.8) is 0 Å². The van der Waals surface area contributed by atoms with Crippen LogP contribution in [0.2, 0.25) is 0 Å². The maximum Gasteiger partial charge on any atom is 0.347 e. The highest BCUT2D eigenvalue weighted by Gasteiger charge is 2.18. The molecule has 0 fully saturated rings. The lowest BCUT2D eigenvalue weighted by atomic mass is 10.1. The van der Waals surface area contributed by atoms with Gasteiger partial charge >= 0.3 is 5.97 Å². The van der Waals surface area contributed by atoms with Gasteiger partial charge in [-0.3, -0.25) is 4.98 Å². The second-order valence-electron chi connectivity index (χ2n) is 4.50. The Hall–Kier alpha value is -2.53. The van der Waals surface area contributed by atoms with Crippen LogP contribution in [0.5, 0.6) is 0 Å². The van der Waals surface area contributed by atoms with Gasteiger partial charge in [-0.2, -0.15) is 0 Å². The Morgan fingerprint density at radius 1 is 1.10 bits per heavy atom. The molecule has 3 rings (SSSR count). The van der Waals surface area contributed by atoms with Crippen molar-refractivity contribution >= 4 is 17.3 Å². The molecule has 1 N–H and O–H groups in total. The van der Waals surface area contributed by atoms with E-state index in [9.17, 15) is 9.90 Å². The Morgan fingerprint density at radius 3 is 2.48 bits per heavy atom. The van der Waals surface area contributed by atoms with Crippen LogP contribution >= 0.6 is 11.3 Å². The first-order valence-corrected chi connectivity index (χ1v) is 7.23. The molecule has 2 heterocycles. The van der Waals surface area contributed by atoms with E-state index >= 15 is 0 Å². The molecule has 0 aliphatic rings. The summed E-state index contributed by atoms with van der Waals surface area (Å²) >= 11 is 1.20. The smallest absolute Gasteiger partial charge is 0.347 e. The summed E-state index contributed by atoms with van der Waals surface area (Å²) in [6.45, 7) is 0. The SMILES string of the molecule is O=C(O)c1sc(-c2ccncc2)nc1Cc1ccccc1. The molecule has 0 spiro atoms. The van der Waals surface area contributed by atoms with Crippen LogP contribution in [-0.4, -0.2) is 21.0 Å². The van der Waals surface area contributed by atoms with Gasteiger partial charge in [0.2, 0.25) is 0 Å². The van der Waals surface area contributed by atoms with E-state index in [1.165, 1.54) is 11.3 Å².